The molecule has 2 nitrogen and oxygen atoms in total. The van der Waals surface area contributed by atoms with Crippen LogP contribution in [0.5, 0.6) is 0 Å². The molecule has 3 N–H and O–H groups in total. The molecule has 0 bridgehead atoms. The first-order valence-electron chi connectivity index (χ1n) is 6.02. The maximum absolute atomic E-state index is 5.97. The molecule has 1 rings (SSSR count). The monoisotopic (exact) mass is 210 g/mol. The molecule has 1 fully saturated rings. The molecule has 0 aromatic rings. The molecule has 1 aliphatic rings. The molecule has 0 aromatic carbocycles. The van der Waals surface area contributed by atoms with E-state index in [4.69, 9.17) is 5.73 Å². The van der Waals surface area contributed by atoms with Crippen molar-refractivity contribution in [2.24, 2.45) is 17.1 Å². The lowest BCUT2D eigenvalue weighted by Gasteiger charge is -2.34. The van der Waals surface area contributed by atoms with E-state index in [1.165, 1.54) is 12.8 Å². The van der Waals surface area contributed by atoms with Gasteiger partial charge in [-0.1, -0.05) is 26.8 Å². The van der Waals surface area contributed by atoms with Crippen molar-refractivity contribution >= 4 is 0 Å². The molecular weight excluding hydrogens is 184 g/mol. The number of rotatable bonds is 5. The highest BCUT2D eigenvalue weighted by atomic mass is 15.0. The van der Waals surface area contributed by atoms with Crippen LogP contribution in [-0.4, -0.2) is 18.6 Å². The lowest BCUT2D eigenvalue weighted by molar-refractivity contribution is 0.258. The Kier molecular flexibility index (Phi) is 3.96. The Bertz CT molecular complexity index is 223. The van der Waals surface area contributed by atoms with Crippen molar-refractivity contribution in [3.63, 3.8) is 0 Å². The van der Waals surface area contributed by atoms with Crippen molar-refractivity contribution in [1.29, 1.82) is 0 Å². The van der Waals surface area contributed by atoms with Crippen molar-refractivity contribution in [3.05, 3.63) is 12.7 Å². The fourth-order valence-electron chi connectivity index (χ4n) is 3.13. The number of nitrogens with one attached hydrogen (secondary N) is 1. The summed E-state index contributed by atoms with van der Waals surface area (Å²) in [6.07, 6.45) is 5.44. The fraction of sp³-hybridized carbons (Fsp3) is 0.846. The van der Waals surface area contributed by atoms with Crippen LogP contribution >= 0.6 is 0 Å². The van der Waals surface area contributed by atoms with Gasteiger partial charge in [0.25, 0.3) is 0 Å². The summed E-state index contributed by atoms with van der Waals surface area (Å²) >= 11 is 0. The van der Waals surface area contributed by atoms with E-state index >= 15 is 0 Å². The summed E-state index contributed by atoms with van der Waals surface area (Å²) in [7, 11) is 0. The smallest absolute Gasteiger partial charge is 0.0335 e. The Morgan fingerprint density at radius 2 is 2.20 bits per heavy atom. The molecule has 2 atom stereocenters. The number of hydrogen-bond acceptors (Lipinski definition) is 2. The highest BCUT2D eigenvalue weighted by Crippen LogP contribution is 2.46. The van der Waals surface area contributed by atoms with Gasteiger partial charge in [-0.15, -0.1) is 6.58 Å². The maximum Gasteiger partial charge on any atom is 0.0335 e. The summed E-state index contributed by atoms with van der Waals surface area (Å²) < 4.78 is 0. The quantitative estimate of drug-likeness (QED) is 0.540. The zero-order chi connectivity index (χ0) is 11.5. The van der Waals surface area contributed by atoms with Crippen LogP contribution in [0.25, 0.3) is 0 Å². The van der Waals surface area contributed by atoms with Gasteiger partial charge in [0.05, 0.1) is 0 Å². The first-order valence-corrected chi connectivity index (χ1v) is 6.02. The summed E-state index contributed by atoms with van der Waals surface area (Å²) in [6, 6.07) is 0. The van der Waals surface area contributed by atoms with Crippen molar-refractivity contribution < 1.29 is 0 Å². The van der Waals surface area contributed by atoms with Gasteiger partial charge in [-0.05, 0) is 37.1 Å². The molecule has 0 amide bonds. The lowest BCUT2D eigenvalue weighted by atomic mass is 9.86. The summed E-state index contributed by atoms with van der Waals surface area (Å²) in [5.74, 6) is 0.669. The molecule has 0 radical (unpaired) electrons. The minimum atomic E-state index is 0.159. The van der Waals surface area contributed by atoms with E-state index in [2.05, 4.69) is 32.7 Å². The van der Waals surface area contributed by atoms with Gasteiger partial charge in [-0.25, -0.2) is 0 Å². The third-order valence-corrected chi connectivity index (χ3v) is 3.79. The van der Waals surface area contributed by atoms with Crippen LogP contribution in [-0.2, 0) is 0 Å². The largest absolute Gasteiger partial charge is 0.329 e. The standard InChI is InChI=1S/C13H26N2/c1-5-6-7-15-13(10-14)9-12(3,4)8-11(13)2/h5,11,15H,1,6-10,14H2,2-4H3. The van der Waals surface area contributed by atoms with Crippen LogP contribution < -0.4 is 11.1 Å². The summed E-state index contributed by atoms with van der Waals surface area (Å²) in [6.45, 7) is 12.5. The van der Waals surface area contributed by atoms with Gasteiger partial charge in [0.2, 0.25) is 0 Å². The molecule has 0 saturated heterocycles. The minimum absolute atomic E-state index is 0.159. The van der Waals surface area contributed by atoms with Crippen LogP contribution in [0.3, 0.4) is 0 Å². The van der Waals surface area contributed by atoms with E-state index in [9.17, 15) is 0 Å². The molecule has 88 valence electrons. The van der Waals surface area contributed by atoms with Crippen molar-refractivity contribution in [1.82, 2.24) is 5.32 Å². The normalized spacial score (nSPS) is 34.3. The summed E-state index contributed by atoms with van der Waals surface area (Å²) in [5.41, 5.74) is 6.56. The molecule has 0 spiro atoms. The molecule has 2 heteroatoms. The Morgan fingerprint density at radius 3 is 2.60 bits per heavy atom. The lowest BCUT2D eigenvalue weighted by Crippen LogP contribution is -2.53. The van der Waals surface area contributed by atoms with E-state index in [0.29, 0.717) is 11.3 Å². The SMILES string of the molecule is C=CCCNC1(CN)CC(C)(C)CC1C. The molecule has 0 heterocycles. The van der Waals surface area contributed by atoms with Crippen molar-refractivity contribution in [3.8, 4) is 0 Å². The predicted octanol–water partition coefficient (Wildman–Crippen LogP) is 2.31. The predicted molar refractivity (Wildman–Crippen MR) is 66.8 cm³/mol. The molecule has 2 unspecified atom stereocenters. The minimum Gasteiger partial charge on any atom is -0.329 e. The fourth-order valence-corrected chi connectivity index (χ4v) is 3.13. The average Bonchev–Trinajstić information content (AvgIpc) is 2.37. The Balaban J connectivity index is 2.63. The zero-order valence-electron chi connectivity index (χ0n) is 10.5. The van der Waals surface area contributed by atoms with Gasteiger partial charge < -0.3 is 11.1 Å². The van der Waals surface area contributed by atoms with Crippen LogP contribution in [0, 0.1) is 11.3 Å². The number of hydrogen-bond donors (Lipinski definition) is 2. The second-order valence-corrected chi connectivity index (χ2v) is 5.81. The maximum atomic E-state index is 5.97. The molecule has 0 aromatic heterocycles. The van der Waals surface area contributed by atoms with Gasteiger partial charge in [0, 0.05) is 12.1 Å². The van der Waals surface area contributed by atoms with Crippen LogP contribution in [0.2, 0.25) is 0 Å². The first kappa shape index (κ1) is 12.7. The first-order chi connectivity index (χ1) is 6.96. The van der Waals surface area contributed by atoms with Gasteiger partial charge in [0.1, 0.15) is 0 Å². The average molecular weight is 210 g/mol. The Morgan fingerprint density at radius 1 is 1.53 bits per heavy atom. The number of nitrogens with two attached hydrogens (primary N) is 1. The van der Waals surface area contributed by atoms with E-state index < -0.39 is 0 Å². The Hall–Kier alpha value is -0.340. The molecule has 0 aliphatic heterocycles. The van der Waals surface area contributed by atoms with Crippen LogP contribution in [0.4, 0.5) is 0 Å². The highest BCUT2D eigenvalue weighted by Gasteiger charge is 2.47. The molecule has 15 heavy (non-hydrogen) atoms. The van der Waals surface area contributed by atoms with Crippen LogP contribution in [0.15, 0.2) is 12.7 Å². The molecule has 1 aliphatic carbocycles. The van der Waals surface area contributed by atoms with E-state index in [0.717, 1.165) is 19.5 Å². The second kappa shape index (κ2) is 4.67. The third kappa shape index (κ3) is 2.82. The third-order valence-electron chi connectivity index (χ3n) is 3.79. The summed E-state index contributed by atoms with van der Waals surface area (Å²) in [5, 5.41) is 3.65. The Labute approximate surface area is 94.3 Å². The topological polar surface area (TPSA) is 38.0 Å². The van der Waals surface area contributed by atoms with E-state index in [1.54, 1.807) is 0 Å². The van der Waals surface area contributed by atoms with Gasteiger partial charge in [0.15, 0.2) is 0 Å². The van der Waals surface area contributed by atoms with Crippen LogP contribution in [0.1, 0.15) is 40.0 Å². The second-order valence-electron chi connectivity index (χ2n) is 5.81. The summed E-state index contributed by atoms with van der Waals surface area (Å²) in [4.78, 5) is 0. The van der Waals surface area contributed by atoms with Crippen molar-refractivity contribution in [2.75, 3.05) is 13.1 Å². The van der Waals surface area contributed by atoms with E-state index in [-0.39, 0.29) is 5.54 Å². The van der Waals surface area contributed by atoms with Gasteiger partial charge in [-0.2, -0.15) is 0 Å². The molecular formula is C13H26N2. The van der Waals surface area contributed by atoms with Crippen molar-refractivity contribution in [2.45, 2.75) is 45.6 Å². The van der Waals surface area contributed by atoms with E-state index in [1.807, 2.05) is 6.08 Å². The zero-order valence-corrected chi connectivity index (χ0v) is 10.5. The molecule has 1 saturated carbocycles. The van der Waals surface area contributed by atoms with Gasteiger partial charge in [-0.3, -0.25) is 0 Å². The van der Waals surface area contributed by atoms with Gasteiger partial charge >= 0.3 is 0 Å². The highest BCUT2D eigenvalue weighted by molar-refractivity contribution is 5.04.